The minimum Gasteiger partial charge on any atom is -0.460 e. The molecule has 0 saturated carbocycles. The van der Waals surface area contributed by atoms with Crippen LogP contribution < -0.4 is 0 Å². The van der Waals surface area contributed by atoms with E-state index in [1.165, 1.54) is 11.1 Å². The molecular formula is C45H27N3O3. The fourth-order valence-corrected chi connectivity index (χ4v) is 7.51. The van der Waals surface area contributed by atoms with Crippen molar-refractivity contribution in [3.8, 4) is 34.2 Å². The van der Waals surface area contributed by atoms with Gasteiger partial charge in [-0.05, 0) is 72.2 Å². The van der Waals surface area contributed by atoms with Gasteiger partial charge in [-0.1, -0.05) is 84.9 Å². The molecule has 0 bridgehead atoms. The molecule has 4 aromatic heterocycles. The molecule has 11 rings (SSSR count). The number of para-hydroxylation sites is 2. The maximum absolute atomic E-state index is 6.52. The van der Waals surface area contributed by atoms with Crippen LogP contribution in [-0.2, 0) is 6.42 Å². The lowest BCUT2D eigenvalue weighted by Crippen LogP contribution is -2.00. The van der Waals surface area contributed by atoms with Gasteiger partial charge in [0.2, 0.25) is 0 Å². The van der Waals surface area contributed by atoms with Crippen LogP contribution in [-0.4, -0.2) is 15.0 Å². The van der Waals surface area contributed by atoms with Gasteiger partial charge in [0.25, 0.3) is 0 Å². The molecule has 0 atom stereocenters. The molecular weight excluding hydrogens is 631 g/mol. The average Bonchev–Trinajstić information content (AvgIpc) is 3.88. The SMILES string of the molecule is C1=C(c2ccc3oc4ccccc4c3c2)CCc2oc3cc(-c4nc(-c5ccccc5)nc(-c5ccc6c(c5)oc5ccccc56)n4)ccc3c21. The maximum atomic E-state index is 6.52. The van der Waals surface area contributed by atoms with Gasteiger partial charge in [0.05, 0.1) is 0 Å². The van der Waals surface area contributed by atoms with Crippen LogP contribution in [0.15, 0.2) is 147 Å². The molecule has 6 heteroatoms. The van der Waals surface area contributed by atoms with E-state index in [0.29, 0.717) is 17.5 Å². The number of aromatic nitrogens is 3. The molecule has 0 unspecified atom stereocenters. The molecule has 1 aliphatic carbocycles. The number of aryl methyl sites for hydroxylation is 1. The lowest BCUT2D eigenvalue weighted by Gasteiger charge is -2.13. The number of furan rings is 3. The van der Waals surface area contributed by atoms with E-state index in [0.717, 1.165) is 95.7 Å². The van der Waals surface area contributed by atoms with Crippen LogP contribution in [0, 0.1) is 0 Å². The third-order valence-corrected chi connectivity index (χ3v) is 10.1. The van der Waals surface area contributed by atoms with E-state index >= 15 is 0 Å². The van der Waals surface area contributed by atoms with Gasteiger partial charge in [-0.3, -0.25) is 0 Å². The summed E-state index contributed by atoms with van der Waals surface area (Å²) < 4.78 is 18.8. The van der Waals surface area contributed by atoms with Crippen LogP contribution in [0.5, 0.6) is 0 Å². The van der Waals surface area contributed by atoms with Crippen LogP contribution in [0.4, 0.5) is 0 Å². The van der Waals surface area contributed by atoms with Gasteiger partial charge < -0.3 is 13.3 Å². The lowest BCUT2D eigenvalue weighted by molar-refractivity contribution is 0.548. The van der Waals surface area contributed by atoms with Crippen LogP contribution >= 0.6 is 0 Å². The Labute approximate surface area is 291 Å². The molecule has 6 nitrogen and oxygen atoms in total. The summed E-state index contributed by atoms with van der Waals surface area (Å²) in [5.74, 6) is 2.77. The van der Waals surface area contributed by atoms with Crippen molar-refractivity contribution < 1.29 is 13.3 Å². The summed E-state index contributed by atoms with van der Waals surface area (Å²) in [5, 5.41) is 5.50. The third kappa shape index (κ3) is 4.53. The summed E-state index contributed by atoms with van der Waals surface area (Å²) >= 11 is 0. The predicted octanol–water partition coefficient (Wildman–Crippen LogP) is 11.9. The Morgan fingerprint density at radius 1 is 0.373 bits per heavy atom. The van der Waals surface area contributed by atoms with Crippen molar-refractivity contribution in [1.82, 2.24) is 15.0 Å². The van der Waals surface area contributed by atoms with E-state index in [4.69, 9.17) is 28.2 Å². The predicted molar refractivity (Wildman–Crippen MR) is 203 cm³/mol. The van der Waals surface area contributed by atoms with Gasteiger partial charge in [-0.2, -0.15) is 0 Å². The molecule has 0 N–H and O–H groups in total. The van der Waals surface area contributed by atoms with Crippen molar-refractivity contribution in [2.45, 2.75) is 12.8 Å². The van der Waals surface area contributed by atoms with Gasteiger partial charge >= 0.3 is 0 Å². The normalized spacial score (nSPS) is 13.1. The van der Waals surface area contributed by atoms with Crippen molar-refractivity contribution >= 4 is 66.5 Å². The zero-order valence-electron chi connectivity index (χ0n) is 27.3. The minimum absolute atomic E-state index is 0.579. The Balaban J connectivity index is 1.01. The summed E-state index contributed by atoms with van der Waals surface area (Å²) in [4.78, 5) is 14.9. The molecule has 0 amide bonds. The highest BCUT2D eigenvalue weighted by atomic mass is 16.3. The largest absolute Gasteiger partial charge is 0.460 e. The van der Waals surface area contributed by atoms with Crippen molar-refractivity contribution in [1.29, 1.82) is 0 Å². The Hall–Kier alpha value is -6.79. The van der Waals surface area contributed by atoms with Gasteiger partial charge in [0.15, 0.2) is 17.5 Å². The van der Waals surface area contributed by atoms with Crippen molar-refractivity contribution in [3.63, 3.8) is 0 Å². The molecule has 1 aliphatic rings. The first-order valence-electron chi connectivity index (χ1n) is 17.1. The quantitative estimate of drug-likeness (QED) is 0.187. The number of hydrogen-bond acceptors (Lipinski definition) is 6. The third-order valence-electron chi connectivity index (χ3n) is 10.1. The van der Waals surface area contributed by atoms with E-state index < -0.39 is 0 Å². The van der Waals surface area contributed by atoms with Crippen LogP contribution in [0.25, 0.3) is 101 Å². The summed E-state index contributed by atoms with van der Waals surface area (Å²) in [6.45, 7) is 0. The number of fused-ring (bicyclic) bond motifs is 9. The number of hydrogen-bond donors (Lipinski definition) is 0. The van der Waals surface area contributed by atoms with Crippen molar-refractivity contribution in [3.05, 3.63) is 150 Å². The fraction of sp³-hybridized carbons (Fsp3) is 0.0444. The molecule has 0 fully saturated rings. The fourth-order valence-electron chi connectivity index (χ4n) is 7.51. The molecule has 6 aromatic carbocycles. The number of allylic oxidation sites excluding steroid dienone is 1. The van der Waals surface area contributed by atoms with Gasteiger partial charge in [-0.25, -0.2) is 15.0 Å². The Kier molecular flexibility index (Phi) is 5.98. The van der Waals surface area contributed by atoms with Crippen LogP contribution in [0.2, 0.25) is 0 Å². The number of benzene rings is 6. The second-order valence-electron chi connectivity index (χ2n) is 13.1. The number of rotatable bonds is 4. The van der Waals surface area contributed by atoms with Crippen LogP contribution in [0.1, 0.15) is 23.3 Å². The second kappa shape index (κ2) is 10.9. The van der Waals surface area contributed by atoms with E-state index in [-0.39, 0.29) is 0 Å². The van der Waals surface area contributed by atoms with E-state index in [2.05, 4.69) is 72.8 Å². The zero-order chi connectivity index (χ0) is 33.5. The summed E-state index contributed by atoms with van der Waals surface area (Å²) in [6.07, 6.45) is 4.01. The first-order chi connectivity index (χ1) is 25.2. The van der Waals surface area contributed by atoms with Crippen molar-refractivity contribution in [2.75, 3.05) is 0 Å². The highest BCUT2D eigenvalue weighted by Gasteiger charge is 2.21. The summed E-state index contributed by atoms with van der Waals surface area (Å²) in [6, 6.07) is 45.3. The van der Waals surface area contributed by atoms with Gasteiger partial charge in [0.1, 0.15) is 33.7 Å². The van der Waals surface area contributed by atoms with Gasteiger partial charge in [-0.15, -0.1) is 0 Å². The molecule has 10 aromatic rings. The average molecular weight is 658 g/mol. The Bertz CT molecular complexity index is 3040. The molecule has 0 aliphatic heterocycles. The lowest BCUT2D eigenvalue weighted by atomic mass is 9.91. The Morgan fingerprint density at radius 2 is 0.922 bits per heavy atom. The monoisotopic (exact) mass is 657 g/mol. The maximum Gasteiger partial charge on any atom is 0.164 e. The standard InChI is InChI=1S/C45H27N3O3/c1-2-8-26(9-3-1)43-46-44(29-14-18-33-31-10-4-6-12-37(31)50-41(33)24-29)48-45(47-43)30-15-19-34-36-23-28(17-21-40(36)51-42(34)25-30)27-16-20-39-35(22-27)32-11-5-7-13-38(32)49-39/h1-16,18-20,22-25H,17,21H2. The first kappa shape index (κ1) is 28.1. The molecule has 240 valence electrons. The second-order valence-corrected chi connectivity index (χ2v) is 13.1. The summed E-state index contributed by atoms with van der Waals surface area (Å²) in [7, 11) is 0. The first-order valence-corrected chi connectivity index (χ1v) is 17.1. The molecule has 4 heterocycles. The Morgan fingerprint density at radius 3 is 1.67 bits per heavy atom. The highest BCUT2D eigenvalue weighted by molar-refractivity contribution is 6.07. The molecule has 51 heavy (non-hydrogen) atoms. The van der Waals surface area contributed by atoms with Crippen LogP contribution in [0.3, 0.4) is 0 Å². The van der Waals surface area contributed by atoms with E-state index in [1.54, 1.807) is 0 Å². The smallest absolute Gasteiger partial charge is 0.164 e. The topological polar surface area (TPSA) is 78.1 Å². The number of nitrogens with zero attached hydrogens (tertiary/aromatic N) is 3. The highest BCUT2D eigenvalue weighted by Crippen LogP contribution is 2.40. The van der Waals surface area contributed by atoms with E-state index in [1.807, 2.05) is 66.7 Å². The van der Waals surface area contributed by atoms with E-state index in [9.17, 15) is 0 Å². The van der Waals surface area contributed by atoms with Crippen molar-refractivity contribution in [2.24, 2.45) is 0 Å². The zero-order valence-corrected chi connectivity index (χ0v) is 27.3. The summed E-state index contributed by atoms with van der Waals surface area (Å²) in [5.41, 5.74) is 10.6. The molecule has 0 radical (unpaired) electrons. The minimum atomic E-state index is 0.579. The molecule has 0 spiro atoms. The molecule has 0 saturated heterocycles. The van der Waals surface area contributed by atoms with Gasteiger partial charge in [0, 0.05) is 55.6 Å².